The number of ether oxygens (including phenoxy) is 1. The van der Waals surface area contributed by atoms with Crippen molar-refractivity contribution in [3.63, 3.8) is 0 Å². The summed E-state index contributed by atoms with van der Waals surface area (Å²) in [6.07, 6.45) is 6.36. The molecule has 1 aromatic carbocycles. The molecule has 3 heterocycles. The van der Waals surface area contributed by atoms with Crippen molar-refractivity contribution in [1.82, 2.24) is 9.38 Å². The Bertz CT molecular complexity index is 792. The van der Waals surface area contributed by atoms with Gasteiger partial charge in [0.15, 0.2) is 0 Å². The molecule has 0 aromatic heterocycles. The third kappa shape index (κ3) is 2.83. The number of hydrogen-bond donors (Lipinski definition) is 1. The van der Waals surface area contributed by atoms with Crippen molar-refractivity contribution in [2.24, 2.45) is 5.73 Å². The fraction of sp³-hybridized carbons (Fsp3) is 0.524. The van der Waals surface area contributed by atoms with Crippen molar-refractivity contribution >= 4 is 17.4 Å². The van der Waals surface area contributed by atoms with Gasteiger partial charge in [0, 0.05) is 38.1 Å². The maximum atomic E-state index is 12.9. The molecular weight excluding hydrogens is 342 g/mol. The summed E-state index contributed by atoms with van der Waals surface area (Å²) in [7, 11) is 3.91. The van der Waals surface area contributed by atoms with E-state index in [2.05, 4.69) is 11.9 Å². The molecule has 3 unspecified atom stereocenters. The molecule has 3 aliphatic heterocycles. The molecular formula is C21H28N3O3+. The van der Waals surface area contributed by atoms with E-state index >= 15 is 0 Å². The third-order valence-corrected chi connectivity index (χ3v) is 6.86. The first kappa shape index (κ1) is 18.3. The number of primary amides is 1. The van der Waals surface area contributed by atoms with Gasteiger partial charge in [-0.3, -0.25) is 19.0 Å². The van der Waals surface area contributed by atoms with Crippen LogP contribution in [0.15, 0.2) is 36.0 Å². The molecule has 6 nitrogen and oxygen atoms in total. The number of carbonyl (C=O) groups excluding carboxylic acids is 2. The van der Waals surface area contributed by atoms with Crippen LogP contribution < -0.4 is 10.2 Å². The summed E-state index contributed by atoms with van der Waals surface area (Å²) < 4.78 is 5.91. The standard InChI is InChI=1S/C21H27N3O3/c1-23-14-7-8-15(23)12-16(11-14)24(9-10-27-2)13-18(21(22)26)20(25)17-5-3-4-6-19(17)24/h3-6,13-16H,7-12H2,1-2H3,(H-,22,26)/p+1. The lowest BCUT2D eigenvalue weighted by Gasteiger charge is -2.48. The Morgan fingerprint density at radius 3 is 2.56 bits per heavy atom. The van der Waals surface area contributed by atoms with Gasteiger partial charge in [0.05, 0.1) is 12.2 Å². The predicted octanol–water partition coefficient (Wildman–Crippen LogP) is 1.83. The molecule has 0 radical (unpaired) electrons. The quantitative estimate of drug-likeness (QED) is 0.634. The third-order valence-electron chi connectivity index (χ3n) is 6.86. The normalized spacial score (nSPS) is 32.9. The van der Waals surface area contributed by atoms with Crippen molar-refractivity contribution in [1.29, 1.82) is 0 Å². The molecule has 0 saturated carbocycles. The number of nitrogens with zero attached hydrogens (tertiary/aromatic N) is 2. The molecule has 2 N–H and O–H groups in total. The van der Waals surface area contributed by atoms with Gasteiger partial charge in [0.2, 0.25) is 5.78 Å². The fourth-order valence-corrected chi connectivity index (χ4v) is 5.38. The molecule has 2 bridgehead atoms. The molecule has 1 amide bonds. The van der Waals surface area contributed by atoms with E-state index < -0.39 is 5.91 Å². The summed E-state index contributed by atoms with van der Waals surface area (Å²) >= 11 is 0. The minimum atomic E-state index is -0.648. The zero-order valence-electron chi connectivity index (χ0n) is 16.1. The van der Waals surface area contributed by atoms with Crippen molar-refractivity contribution in [3.8, 4) is 0 Å². The molecule has 2 saturated heterocycles. The first-order valence-corrected chi connectivity index (χ1v) is 9.73. The summed E-state index contributed by atoms with van der Waals surface area (Å²) in [5.41, 5.74) is 7.28. The maximum Gasteiger partial charge on any atom is 0.258 e. The Morgan fingerprint density at radius 1 is 1.26 bits per heavy atom. The molecule has 3 aliphatic rings. The second-order valence-corrected chi connectivity index (χ2v) is 8.08. The molecule has 27 heavy (non-hydrogen) atoms. The highest BCUT2D eigenvalue weighted by molar-refractivity contribution is 6.27. The second kappa shape index (κ2) is 6.86. The summed E-state index contributed by atoms with van der Waals surface area (Å²) in [5.74, 6) is -0.912. The van der Waals surface area contributed by atoms with Crippen LogP contribution in [0.3, 0.4) is 0 Å². The molecule has 1 aromatic rings. The van der Waals surface area contributed by atoms with Crippen molar-refractivity contribution in [3.05, 3.63) is 41.6 Å². The van der Waals surface area contributed by atoms with E-state index in [9.17, 15) is 9.59 Å². The molecule has 3 atom stereocenters. The number of nitrogens with two attached hydrogens (primary N) is 1. The van der Waals surface area contributed by atoms with Gasteiger partial charge in [-0.1, -0.05) is 12.1 Å². The van der Waals surface area contributed by atoms with Crippen LogP contribution in [0.2, 0.25) is 0 Å². The zero-order chi connectivity index (χ0) is 19.2. The average molecular weight is 370 g/mol. The minimum Gasteiger partial charge on any atom is -0.379 e. The van der Waals surface area contributed by atoms with E-state index in [1.165, 1.54) is 12.8 Å². The van der Waals surface area contributed by atoms with Gasteiger partial charge in [0.1, 0.15) is 30.0 Å². The van der Waals surface area contributed by atoms with Gasteiger partial charge in [-0.25, -0.2) is 0 Å². The summed E-state index contributed by atoms with van der Waals surface area (Å²) in [6, 6.07) is 9.08. The van der Waals surface area contributed by atoms with Crippen LogP contribution >= 0.6 is 0 Å². The van der Waals surface area contributed by atoms with E-state index in [1.807, 2.05) is 30.5 Å². The van der Waals surface area contributed by atoms with Crippen molar-refractivity contribution in [2.75, 3.05) is 27.3 Å². The van der Waals surface area contributed by atoms with Crippen LogP contribution in [-0.2, 0) is 9.53 Å². The average Bonchev–Trinajstić information content (AvgIpc) is 2.88. The number of hydrogen-bond acceptors (Lipinski definition) is 4. The van der Waals surface area contributed by atoms with Crippen LogP contribution in [0.1, 0.15) is 36.0 Å². The van der Waals surface area contributed by atoms with Gasteiger partial charge in [-0.2, -0.15) is 0 Å². The molecule has 2 fully saturated rings. The highest BCUT2D eigenvalue weighted by Crippen LogP contribution is 2.44. The van der Waals surface area contributed by atoms with E-state index in [4.69, 9.17) is 10.5 Å². The second-order valence-electron chi connectivity index (χ2n) is 8.08. The number of ketones is 1. The molecule has 0 spiro atoms. The van der Waals surface area contributed by atoms with Crippen LogP contribution in [-0.4, -0.2) is 62.0 Å². The summed E-state index contributed by atoms with van der Waals surface area (Å²) in [4.78, 5) is 27.5. The number of carbonyl (C=O) groups is 2. The highest BCUT2D eigenvalue weighted by Gasteiger charge is 2.51. The lowest BCUT2D eigenvalue weighted by Crippen LogP contribution is -2.61. The van der Waals surface area contributed by atoms with Gasteiger partial charge in [0.25, 0.3) is 5.91 Å². The van der Waals surface area contributed by atoms with Crippen LogP contribution in [0.25, 0.3) is 0 Å². The number of methoxy groups -OCH3 is 1. The van der Waals surface area contributed by atoms with Gasteiger partial charge in [-0.15, -0.1) is 0 Å². The lowest BCUT2D eigenvalue weighted by molar-refractivity contribution is -0.114. The summed E-state index contributed by atoms with van der Waals surface area (Å²) in [6.45, 7) is 1.23. The molecule has 144 valence electrons. The van der Waals surface area contributed by atoms with Crippen LogP contribution in [0, 0.1) is 0 Å². The lowest BCUT2D eigenvalue weighted by atomic mass is 9.88. The number of quaternary nitrogens is 1. The number of rotatable bonds is 5. The topological polar surface area (TPSA) is 72.6 Å². The monoisotopic (exact) mass is 370 g/mol. The summed E-state index contributed by atoms with van der Waals surface area (Å²) in [5, 5.41) is 0. The Hall–Kier alpha value is -2.02. The van der Waals surface area contributed by atoms with Gasteiger partial charge >= 0.3 is 0 Å². The first-order valence-electron chi connectivity index (χ1n) is 9.73. The first-order chi connectivity index (χ1) is 13.0. The SMILES string of the molecule is COCC[N+]1(C2CC3CCC(C2)N3C)C=C(C(N)=O)C(=O)c2ccccc21. The molecule has 0 aliphatic carbocycles. The number of Topliss-reactive ketones (excluding diaryl/α,β-unsaturated/α-hetero) is 1. The predicted molar refractivity (Wildman–Crippen MR) is 104 cm³/mol. The van der Waals surface area contributed by atoms with E-state index in [0.29, 0.717) is 41.3 Å². The number of amides is 1. The van der Waals surface area contributed by atoms with Crippen molar-refractivity contribution in [2.45, 2.75) is 43.8 Å². The Kier molecular flexibility index (Phi) is 4.66. The van der Waals surface area contributed by atoms with E-state index in [0.717, 1.165) is 18.5 Å². The fourth-order valence-electron chi connectivity index (χ4n) is 5.38. The van der Waals surface area contributed by atoms with Gasteiger partial charge < -0.3 is 10.5 Å². The zero-order valence-corrected chi connectivity index (χ0v) is 16.1. The van der Waals surface area contributed by atoms with Gasteiger partial charge in [-0.05, 0) is 26.0 Å². The molecule has 4 rings (SSSR count). The van der Waals surface area contributed by atoms with Crippen molar-refractivity contribution < 1.29 is 14.3 Å². The smallest absolute Gasteiger partial charge is 0.258 e. The molecule has 6 heteroatoms. The van der Waals surface area contributed by atoms with Crippen LogP contribution in [0.5, 0.6) is 0 Å². The number of piperidine rings is 1. The number of fused-ring (bicyclic) bond motifs is 3. The largest absolute Gasteiger partial charge is 0.379 e. The highest BCUT2D eigenvalue weighted by atomic mass is 16.5. The van der Waals surface area contributed by atoms with E-state index in [1.54, 1.807) is 7.11 Å². The Balaban J connectivity index is 1.86. The maximum absolute atomic E-state index is 12.9. The Morgan fingerprint density at radius 2 is 1.93 bits per heavy atom. The Labute approximate surface area is 160 Å². The minimum absolute atomic E-state index is 0.107. The van der Waals surface area contributed by atoms with Crippen LogP contribution in [0.4, 0.5) is 5.69 Å². The van der Waals surface area contributed by atoms with E-state index in [-0.39, 0.29) is 11.4 Å². The number of para-hydroxylation sites is 1. The number of benzene rings is 1.